The van der Waals surface area contributed by atoms with Gasteiger partial charge in [0, 0.05) is 10.6 Å². The standard InChI is InChI=1S/C15H15ClO2/c1-2-15(17)13-10-12(8-9-14(13)16)18-11-6-4-3-5-7-11/h3-10,15,17H,2H2,1H3. The van der Waals surface area contributed by atoms with Crippen LogP contribution in [0.3, 0.4) is 0 Å². The lowest BCUT2D eigenvalue weighted by Crippen LogP contribution is -1.97. The molecule has 0 aromatic heterocycles. The molecule has 2 nitrogen and oxygen atoms in total. The highest BCUT2D eigenvalue weighted by Gasteiger charge is 2.11. The first-order chi connectivity index (χ1) is 8.70. The molecule has 2 rings (SSSR count). The SMILES string of the molecule is CCC(O)c1cc(Oc2ccccc2)ccc1Cl. The maximum absolute atomic E-state index is 9.86. The third-order valence-electron chi connectivity index (χ3n) is 2.69. The molecule has 0 radical (unpaired) electrons. The summed E-state index contributed by atoms with van der Waals surface area (Å²) in [4.78, 5) is 0. The van der Waals surface area contributed by atoms with Crippen LogP contribution >= 0.6 is 11.6 Å². The molecule has 0 saturated carbocycles. The molecule has 2 aromatic carbocycles. The van der Waals surface area contributed by atoms with Gasteiger partial charge in [-0.2, -0.15) is 0 Å². The molecule has 94 valence electrons. The van der Waals surface area contributed by atoms with Crippen LogP contribution in [0.15, 0.2) is 48.5 Å². The molecule has 2 aromatic rings. The Morgan fingerprint density at radius 3 is 2.50 bits per heavy atom. The minimum absolute atomic E-state index is 0.558. The molecule has 1 N–H and O–H groups in total. The maximum atomic E-state index is 9.86. The van der Waals surface area contributed by atoms with Crippen LogP contribution in [-0.2, 0) is 0 Å². The Labute approximate surface area is 112 Å². The van der Waals surface area contributed by atoms with E-state index >= 15 is 0 Å². The fourth-order valence-corrected chi connectivity index (χ4v) is 1.93. The van der Waals surface area contributed by atoms with Gasteiger partial charge in [-0.15, -0.1) is 0 Å². The van der Waals surface area contributed by atoms with Gasteiger partial charge in [-0.1, -0.05) is 36.7 Å². The average molecular weight is 263 g/mol. The van der Waals surface area contributed by atoms with Crippen LogP contribution in [0, 0.1) is 0 Å². The highest BCUT2D eigenvalue weighted by molar-refractivity contribution is 6.31. The van der Waals surface area contributed by atoms with E-state index in [0.29, 0.717) is 22.8 Å². The molecule has 0 heterocycles. The van der Waals surface area contributed by atoms with Crippen LogP contribution in [0.4, 0.5) is 0 Å². The van der Waals surface area contributed by atoms with Crippen LogP contribution in [-0.4, -0.2) is 5.11 Å². The lowest BCUT2D eigenvalue weighted by Gasteiger charge is -2.13. The summed E-state index contributed by atoms with van der Waals surface area (Å²) in [5.74, 6) is 1.44. The number of hydrogen-bond acceptors (Lipinski definition) is 2. The molecule has 3 heteroatoms. The molecule has 0 fully saturated rings. The van der Waals surface area contributed by atoms with Gasteiger partial charge in [0.1, 0.15) is 11.5 Å². The van der Waals surface area contributed by atoms with Gasteiger partial charge < -0.3 is 9.84 Å². The number of hydrogen-bond donors (Lipinski definition) is 1. The van der Waals surface area contributed by atoms with Crippen molar-refractivity contribution in [1.29, 1.82) is 0 Å². The van der Waals surface area contributed by atoms with Crippen molar-refractivity contribution in [2.75, 3.05) is 0 Å². The van der Waals surface area contributed by atoms with Crippen molar-refractivity contribution in [2.45, 2.75) is 19.4 Å². The van der Waals surface area contributed by atoms with Crippen molar-refractivity contribution < 1.29 is 9.84 Å². The van der Waals surface area contributed by atoms with Crippen LogP contribution in [0.1, 0.15) is 25.0 Å². The Kier molecular flexibility index (Phi) is 4.24. The Bertz CT molecular complexity index is 511. The van der Waals surface area contributed by atoms with Crippen LogP contribution in [0.2, 0.25) is 5.02 Å². The Balaban J connectivity index is 2.25. The van der Waals surface area contributed by atoms with Gasteiger partial charge in [0.15, 0.2) is 0 Å². The largest absolute Gasteiger partial charge is 0.457 e. The Morgan fingerprint density at radius 1 is 1.11 bits per heavy atom. The first-order valence-corrected chi connectivity index (χ1v) is 6.29. The van der Waals surface area contributed by atoms with Crippen LogP contribution < -0.4 is 4.74 Å². The third kappa shape index (κ3) is 3.03. The number of rotatable bonds is 4. The lowest BCUT2D eigenvalue weighted by atomic mass is 10.1. The van der Waals surface area contributed by atoms with Gasteiger partial charge in [0.25, 0.3) is 0 Å². The minimum Gasteiger partial charge on any atom is -0.457 e. The van der Waals surface area contributed by atoms with Crippen LogP contribution in [0.5, 0.6) is 11.5 Å². The zero-order valence-electron chi connectivity index (χ0n) is 10.1. The van der Waals surface area contributed by atoms with Crippen molar-refractivity contribution >= 4 is 11.6 Å². The summed E-state index contributed by atoms with van der Waals surface area (Å²) in [6.07, 6.45) is 0.0611. The predicted molar refractivity (Wildman–Crippen MR) is 73.2 cm³/mol. The normalized spacial score (nSPS) is 12.2. The van der Waals surface area contributed by atoms with Crippen molar-refractivity contribution in [3.63, 3.8) is 0 Å². The van der Waals surface area contributed by atoms with Gasteiger partial charge >= 0.3 is 0 Å². The molecular weight excluding hydrogens is 248 g/mol. The molecule has 0 aliphatic rings. The third-order valence-corrected chi connectivity index (χ3v) is 3.04. The van der Waals surface area contributed by atoms with E-state index in [1.165, 1.54) is 0 Å². The van der Waals surface area contributed by atoms with Crippen molar-refractivity contribution in [1.82, 2.24) is 0 Å². The number of halogens is 1. The number of para-hydroxylation sites is 1. The zero-order chi connectivity index (χ0) is 13.0. The molecule has 0 spiro atoms. The smallest absolute Gasteiger partial charge is 0.127 e. The molecule has 0 bridgehead atoms. The molecule has 1 unspecified atom stereocenters. The Morgan fingerprint density at radius 2 is 1.83 bits per heavy atom. The number of benzene rings is 2. The second-order valence-electron chi connectivity index (χ2n) is 4.02. The molecule has 1 atom stereocenters. The van der Waals surface area contributed by atoms with E-state index in [2.05, 4.69) is 0 Å². The van der Waals surface area contributed by atoms with E-state index in [9.17, 15) is 5.11 Å². The number of aliphatic hydroxyl groups excluding tert-OH is 1. The van der Waals surface area contributed by atoms with Crippen molar-refractivity contribution in [3.05, 3.63) is 59.1 Å². The zero-order valence-corrected chi connectivity index (χ0v) is 10.9. The van der Waals surface area contributed by atoms with E-state index in [-0.39, 0.29) is 0 Å². The molecule has 0 aliphatic heterocycles. The second-order valence-corrected chi connectivity index (χ2v) is 4.43. The number of ether oxygens (including phenoxy) is 1. The van der Waals surface area contributed by atoms with E-state index in [1.807, 2.05) is 37.3 Å². The highest BCUT2D eigenvalue weighted by Crippen LogP contribution is 2.31. The van der Waals surface area contributed by atoms with Crippen molar-refractivity contribution in [3.8, 4) is 11.5 Å². The summed E-state index contributed by atoms with van der Waals surface area (Å²) < 4.78 is 5.70. The second kappa shape index (κ2) is 5.89. The fraction of sp³-hybridized carbons (Fsp3) is 0.200. The quantitative estimate of drug-likeness (QED) is 0.874. The molecule has 18 heavy (non-hydrogen) atoms. The molecule has 0 saturated heterocycles. The summed E-state index contributed by atoms with van der Waals surface area (Å²) in [6, 6.07) is 14.8. The van der Waals surface area contributed by atoms with E-state index in [0.717, 1.165) is 5.75 Å². The Hall–Kier alpha value is -1.51. The number of aliphatic hydroxyl groups is 1. The first-order valence-electron chi connectivity index (χ1n) is 5.91. The van der Waals surface area contributed by atoms with Gasteiger partial charge in [0.2, 0.25) is 0 Å². The van der Waals surface area contributed by atoms with Crippen LogP contribution in [0.25, 0.3) is 0 Å². The van der Waals surface area contributed by atoms with E-state index in [4.69, 9.17) is 16.3 Å². The van der Waals surface area contributed by atoms with Gasteiger partial charge in [-0.25, -0.2) is 0 Å². The summed E-state index contributed by atoms with van der Waals surface area (Å²) in [5.41, 5.74) is 0.701. The minimum atomic E-state index is -0.558. The van der Waals surface area contributed by atoms with Gasteiger partial charge in [-0.3, -0.25) is 0 Å². The molecular formula is C15H15ClO2. The fourth-order valence-electron chi connectivity index (χ4n) is 1.69. The van der Waals surface area contributed by atoms with Gasteiger partial charge in [-0.05, 0) is 36.8 Å². The van der Waals surface area contributed by atoms with E-state index in [1.54, 1.807) is 18.2 Å². The monoisotopic (exact) mass is 262 g/mol. The van der Waals surface area contributed by atoms with E-state index < -0.39 is 6.10 Å². The maximum Gasteiger partial charge on any atom is 0.127 e. The molecule has 0 amide bonds. The summed E-state index contributed by atoms with van der Waals surface area (Å²) >= 11 is 6.06. The summed E-state index contributed by atoms with van der Waals surface area (Å²) in [6.45, 7) is 1.91. The topological polar surface area (TPSA) is 29.5 Å². The van der Waals surface area contributed by atoms with Gasteiger partial charge in [0.05, 0.1) is 6.10 Å². The summed E-state index contributed by atoms with van der Waals surface area (Å²) in [7, 11) is 0. The summed E-state index contributed by atoms with van der Waals surface area (Å²) in [5, 5.41) is 10.4. The predicted octanol–water partition coefficient (Wildman–Crippen LogP) is 4.58. The van der Waals surface area contributed by atoms with Crippen molar-refractivity contribution in [2.24, 2.45) is 0 Å². The highest BCUT2D eigenvalue weighted by atomic mass is 35.5. The average Bonchev–Trinajstić information content (AvgIpc) is 2.41. The molecule has 0 aliphatic carbocycles. The first kappa shape index (κ1) is 12.9. The lowest BCUT2D eigenvalue weighted by molar-refractivity contribution is 0.173.